The van der Waals surface area contributed by atoms with Crippen LogP contribution in [-0.4, -0.2) is 32.0 Å². The van der Waals surface area contributed by atoms with E-state index in [0.717, 1.165) is 0 Å². The summed E-state index contributed by atoms with van der Waals surface area (Å²) in [4.78, 5) is 22.9. The SMILES string of the molecule is CCNC(=O)CCNC(=O)c1cccc(OC)c1. The molecule has 0 fully saturated rings. The molecular formula is C13H18N2O3. The quantitative estimate of drug-likeness (QED) is 0.790. The van der Waals surface area contributed by atoms with E-state index in [2.05, 4.69) is 10.6 Å². The van der Waals surface area contributed by atoms with Crippen LogP contribution in [0.15, 0.2) is 24.3 Å². The van der Waals surface area contributed by atoms with Gasteiger partial charge >= 0.3 is 0 Å². The van der Waals surface area contributed by atoms with Crippen molar-refractivity contribution in [3.8, 4) is 5.75 Å². The molecule has 98 valence electrons. The minimum atomic E-state index is -0.210. The lowest BCUT2D eigenvalue weighted by atomic mass is 10.2. The maximum Gasteiger partial charge on any atom is 0.251 e. The van der Waals surface area contributed by atoms with E-state index in [1.54, 1.807) is 31.4 Å². The molecule has 1 rings (SSSR count). The number of benzene rings is 1. The molecular weight excluding hydrogens is 232 g/mol. The van der Waals surface area contributed by atoms with E-state index in [-0.39, 0.29) is 18.2 Å². The van der Waals surface area contributed by atoms with Crippen molar-refractivity contribution in [2.75, 3.05) is 20.2 Å². The van der Waals surface area contributed by atoms with Gasteiger partial charge in [-0.2, -0.15) is 0 Å². The molecule has 1 aromatic carbocycles. The lowest BCUT2D eigenvalue weighted by molar-refractivity contribution is -0.120. The molecule has 2 N–H and O–H groups in total. The number of amides is 2. The average Bonchev–Trinajstić information content (AvgIpc) is 2.39. The largest absolute Gasteiger partial charge is 0.497 e. The van der Waals surface area contributed by atoms with Crippen LogP contribution in [0.25, 0.3) is 0 Å². The fraction of sp³-hybridized carbons (Fsp3) is 0.385. The summed E-state index contributed by atoms with van der Waals surface area (Å²) in [6, 6.07) is 6.87. The third-order valence-electron chi connectivity index (χ3n) is 2.34. The van der Waals surface area contributed by atoms with Crippen molar-refractivity contribution in [2.45, 2.75) is 13.3 Å². The first-order chi connectivity index (χ1) is 8.67. The lowest BCUT2D eigenvalue weighted by Crippen LogP contribution is -2.30. The van der Waals surface area contributed by atoms with Crippen LogP contribution in [0.3, 0.4) is 0 Å². The van der Waals surface area contributed by atoms with Gasteiger partial charge in [0.15, 0.2) is 0 Å². The second kappa shape index (κ2) is 7.32. The molecule has 0 atom stereocenters. The summed E-state index contributed by atoms with van der Waals surface area (Å²) in [6.45, 7) is 2.78. The van der Waals surface area contributed by atoms with Gasteiger partial charge in [-0.1, -0.05) is 6.07 Å². The Kier molecular flexibility index (Phi) is 5.70. The molecule has 0 aliphatic carbocycles. The van der Waals surface area contributed by atoms with E-state index in [9.17, 15) is 9.59 Å². The number of carbonyl (C=O) groups is 2. The van der Waals surface area contributed by atoms with E-state index in [1.807, 2.05) is 6.92 Å². The molecule has 1 aromatic rings. The smallest absolute Gasteiger partial charge is 0.251 e. The summed E-state index contributed by atoms with van der Waals surface area (Å²) in [5, 5.41) is 5.35. The summed E-state index contributed by atoms with van der Waals surface area (Å²) in [7, 11) is 1.55. The van der Waals surface area contributed by atoms with Gasteiger partial charge in [0.2, 0.25) is 5.91 Å². The summed E-state index contributed by atoms with van der Waals surface area (Å²) < 4.78 is 5.04. The van der Waals surface area contributed by atoms with E-state index < -0.39 is 0 Å². The van der Waals surface area contributed by atoms with Gasteiger partial charge in [-0.15, -0.1) is 0 Å². The molecule has 0 aliphatic heterocycles. The zero-order valence-corrected chi connectivity index (χ0v) is 10.7. The molecule has 0 bridgehead atoms. The Hall–Kier alpha value is -2.04. The van der Waals surface area contributed by atoms with Crippen LogP contribution in [0.2, 0.25) is 0 Å². The highest BCUT2D eigenvalue weighted by Crippen LogP contribution is 2.12. The van der Waals surface area contributed by atoms with Crippen LogP contribution in [0.4, 0.5) is 0 Å². The van der Waals surface area contributed by atoms with E-state index >= 15 is 0 Å². The van der Waals surface area contributed by atoms with Crippen LogP contribution >= 0.6 is 0 Å². The first-order valence-corrected chi connectivity index (χ1v) is 5.86. The van der Waals surface area contributed by atoms with Crippen molar-refractivity contribution in [1.29, 1.82) is 0 Å². The Bertz CT molecular complexity index is 418. The number of carbonyl (C=O) groups excluding carboxylic acids is 2. The molecule has 2 amide bonds. The molecule has 0 unspecified atom stereocenters. The average molecular weight is 250 g/mol. The zero-order chi connectivity index (χ0) is 13.4. The predicted molar refractivity (Wildman–Crippen MR) is 68.6 cm³/mol. The number of nitrogens with one attached hydrogen (secondary N) is 2. The molecule has 5 nitrogen and oxygen atoms in total. The fourth-order valence-corrected chi connectivity index (χ4v) is 1.44. The number of hydrogen-bond acceptors (Lipinski definition) is 3. The van der Waals surface area contributed by atoms with Gasteiger partial charge in [-0.05, 0) is 25.1 Å². The Morgan fingerprint density at radius 3 is 2.72 bits per heavy atom. The molecule has 0 radical (unpaired) electrons. The highest BCUT2D eigenvalue weighted by molar-refractivity contribution is 5.94. The van der Waals surface area contributed by atoms with Crippen LogP contribution in [0, 0.1) is 0 Å². The summed E-state index contributed by atoms with van der Waals surface area (Å²) in [5.74, 6) is 0.355. The van der Waals surface area contributed by atoms with Crippen molar-refractivity contribution in [2.24, 2.45) is 0 Å². The number of rotatable bonds is 6. The van der Waals surface area contributed by atoms with Gasteiger partial charge in [-0.25, -0.2) is 0 Å². The maximum atomic E-state index is 11.8. The van der Waals surface area contributed by atoms with E-state index in [4.69, 9.17) is 4.74 Å². The highest BCUT2D eigenvalue weighted by atomic mass is 16.5. The lowest BCUT2D eigenvalue weighted by Gasteiger charge is -2.06. The topological polar surface area (TPSA) is 67.4 Å². The second-order valence-corrected chi connectivity index (χ2v) is 3.69. The van der Waals surface area contributed by atoms with Crippen LogP contribution < -0.4 is 15.4 Å². The number of ether oxygens (including phenoxy) is 1. The molecule has 18 heavy (non-hydrogen) atoms. The van der Waals surface area contributed by atoms with Gasteiger partial charge in [0.05, 0.1) is 7.11 Å². The van der Waals surface area contributed by atoms with Crippen LogP contribution in [0.5, 0.6) is 5.75 Å². The summed E-state index contributed by atoms with van der Waals surface area (Å²) in [5.41, 5.74) is 0.519. The van der Waals surface area contributed by atoms with Crippen LogP contribution in [-0.2, 0) is 4.79 Å². The molecule has 0 aliphatic rings. The van der Waals surface area contributed by atoms with Gasteiger partial charge in [0.1, 0.15) is 5.75 Å². The normalized spacial score (nSPS) is 9.67. The van der Waals surface area contributed by atoms with Crippen molar-refractivity contribution in [3.05, 3.63) is 29.8 Å². The third kappa shape index (κ3) is 4.45. The minimum absolute atomic E-state index is 0.0663. The second-order valence-electron chi connectivity index (χ2n) is 3.69. The monoisotopic (exact) mass is 250 g/mol. The highest BCUT2D eigenvalue weighted by Gasteiger charge is 2.06. The predicted octanol–water partition coefficient (Wildman–Crippen LogP) is 0.951. The van der Waals surface area contributed by atoms with E-state index in [1.165, 1.54) is 0 Å². The third-order valence-corrected chi connectivity index (χ3v) is 2.34. The number of methoxy groups -OCH3 is 1. The molecule has 0 saturated carbocycles. The fourth-order valence-electron chi connectivity index (χ4n) is 1.44. The first-order valence-electron chi connectivity index (χ1n) is 5.86. The molecule has 0 heterocycles. The number of hydrogen-bond donors (Lipinski definition) is 2. The maximum absolute atomic E-state index is 11.8. The van der Waals surface area contributed by atoms with Crippen molar-refractivity contribution < 1.29 is 14.3 Å². The summed E-state index contributed by atoms with van der Waals surface area (Å²) >= 11 is 0. The molecule has 0 spiro atoms. The van der Waals surface area contributed by atoms with Gasteiger partial charge in [-0.3, -0.25) is 9.59 Å². The first kappa shape index (κ1) is 14.0. The Labute approximate surface area is 107 Å². The zero-order valence-electron chi connectivity index (χ0n) is 10.7. The van der Waals surface area contributed by atoms with Gasteiger partial charge < -0.3 is 15.4 Å². The van der Waals surface area contributed by atoms with Crippen molar-refractivity contribution in [3.63, 3.8) is 0 Å². The van der Waals surface area contributed by atoms with Crippen molar-refractivity contribution >= 4 is 11.8 Å². The van der Waals surface area contributed by atoms with Gasteiger partial charge in [0, 0.05) is 25.1 Å². The molecule has 0 saturated heterocycles. The van der Waals surface area contributed by atoms with Crippen LogP contribution in [0.1, 0.15) is 23.7 Å². The Morgan fingerprint density at radius 2 is 2.06 bits per heavy atom. The minimum Gasteiger partial charge on any atom is -0.497 e. The Balaban J connectivity index is 2.42. The molecule has 0 aromatic heterocycles. The van der Waals surface area contributed by atoms with Gasteiger partial charge in [0.25, 0.3) is 5.91 Å². The molecule has 5 heteroatoms. The summed E-state index contributed by atoms with van der Waals surface area (Å²) in [6.07, 6.45) is 0.281. The van der Waals surface area contributed by atoms with E-state index in [0.29, 0.717) is 24.4 Å². The standard InChI is InChI=1S/C13H18N2O3/c1-3-14-12(16)7-8-15-13(17)10-5-4-6-11(9-10)18-2/h4-6,9H,3,7-8H2,1-2H3,(H,14,16)(H,15,17). The van der Waals surface area contributed by atoms with Crippen molar-refractivity contribution in [1.82, 2.24) is 10.6 Å². The Morgan fingerprint density at radius 1 is 1.28 bits per heavy atom.